The molecule has 0 atom stereocenters. The lowest BCUT2D eigenvalue weighted by Crippen LogP contribution is -2.16. The number of sulfonamides is 1. The van der Waals surface area contributed by atoms with Crippen molar-refractivity contribution in [2.24, 2.45) is 0 Å². The molecule has 0 saturated carbocycles. The molecule has 0 fully saturated rings. The van der Waals surface area contributed by atoms with Gasteiger partial charge in [-0.05, 0) is 32.8 Å². The number of anilines is 1. The molecule has 1 aliphatic heterocycles. The van der Waals surface area contributed by atoms with E-state index in [9.17, 15) is 17.2 Å². The molecule has 4 rings (SSSR count). The van der Waals surface area contributed by atoms with Crippen molar-refractivity contribution in [1.29, 1.82) is 0 Å². The zero-order chi connectivity index (χ0) is 20.8. The monoisotopic (exact) mass is 423 g/mol. The topological polar surface area (TPSA) is 103 Å². The number of nitrogens with one attached hydrogen (secondary N) is 1. The second-order valence-electron chi connectivity index (χ2n) is 6.97. The summed E-state index contributed by atoms with van der Waals surface area (Å²) in [7, 11) is -4.19. The third-order valence-corrected chi connectivity index (χ3v) is 6.50. The van der Waals surface area contributed by atoms with Crippen molar-refractivity contribution in [1.82, 2.24) is 19.9 Å². The number of halogens is 2. The van der Waals surface area contributed by atoms with Crippen LogP contribution in [0.4, 0.5) is 14.5 Å². The zero-order valence-electron chi connectivity index (χ0n) is 15.9. The van der Waals surface area contributed by atoms with Crippen LogP contribution in [-0.4, -0.2) is 28.3 Å². The summed E-state index contributed by atoms with van der Waals surface area (Å²) in [5.74, 6) is -0.837. The molecule has 3 heterocycles. The van der Waals surface area contributed by atoms with E-state index in [-0.39, 0.29) is 27.7 Å². The van der Waals surface area contributed by atoms with Crippen LogP contribution in [0.25, 0.3) is 11.4 Å². The number of fused-ring (bicyclic) bond motifs is 1. The summed E-state index contributed by atoms with van der Waals surface area (Å²) in [4.78, 5) is -0.181. The molecule has 0 aliphatic carbocycles. The van der Waals surface area contributed by atoms with Crippen LogP contribution >= 0.6 is 0 Å². The molecule has 8 nitrogen and oxygen atoms in total. The minimum Gasteiger partial charge on any atom is -0.360 e. The minimum atomic E-state index is -4.19. The molecule has 29 heavy (non-hydrogen) atoms. The molecule has 0 saturated heterocycles. The zero-order valence-corrected chi connectivity index (χ0v) is 16.7. The van der Waals surface area contributed by atoms with E-state index in [1.165, 1.54) is 13.8 Å². The maximum Gasteiger partial charge on any atom is 0.267 e. The summed E-state index contributed by atoms with van der Waals surface area (Å²) in [5.41, 5.74) is -0.281. The minimum absolute atomic E-state index is 0.0245. The summed E-state index contributed by atoms with van der Waals surface area (Å²) >= 11 is 0. The highest BCUT2D eigenvalue weighted by Crippen LogP contribution is 2.31. The van der Waals surface area contributed by atoms with Gasteiger partial charge in [-0.2, -0.15) is 0 Å². The van der Waals surface area contributed by atoms with Gasteiger partial charge in [0, 0.05) is 19.0 Å². The quantitative estimate of drug-likeness (QED) is 0.690. The van der Waals surface area contributed by atoms with Crippen molar-refractivity contribution in [3.63, 3.8) is 0 Å². The van der Waals surface area contributed by atoms with Gasteiger partial charge in [0.25, 0.3) is 10.0 Å². The van der Waals surface area contributed by atoms with Crippen molar-refractivity contribution >= 4 is 15.7 Å². The fourth-order valence-corrected chi connectivity index (χ4v) is 4.93. The lowest BCUT2D eigenvalue weighted by molar-refractivity contribution is 0.390. The smallest absolute Gasteiger partial charge is 0.267 e. The lowest BCUT2D eigenvalue weighted by Gasteiger charge is -2.12. The molecule has 3 aromatic rings. The van der Waals surface area contributed by atoms with Crippen LogP contribution in [0.5, 0.6) is 0 Å². The molecular formula is C18H19F2N5O3S. The molecule has 154 valence electrons. The van der Waals surface area contributed by atoms with Gasteiger partial charge in [0.15, 0.2) is 16.5 Å². The average molecular weight is 423 g/mol. The summed E-state index contributed by atoms with van der Waals surface area (Å²) in [5, 5.41) is 11.8. The standard InChI is InChI=1S/C18H19F2N5O3S/c1-10-17(11(2)28-23-10)29(26,27)24-15-8-12(13(19)9-14(15)20)18-22-21-16-6-4-3-5-7-25(16)18/h8-9,24H,3-7H2,1-2H3. The maximum absolute atomic E-state index is 14.6. The Balaban J connectivity index is 1.77. The molecule has 0 spiro atoms. The number of aryl methyl sites for hydroxylation is 3. The SMILES string of the molecule is Cc1noc(C)c1S(=O)(=O)Nc1cc(-c2nnc3n2CCCCC3)c(F)cc1F. The Labute approximate surface area is 166 Å². The predicted octanol–water partition coefficient (Wildman–Crippen LogP) is 3.36. The summed E-state index contributed by atoms with van der Waals surface area (Å²) < 4.78 is 63.3. The highest BCUT2D eigenvalue weighted by atomic mass is 32.2. The van der Waals surface area contributed by atoms with E-state index < -0.39 is 27.3 Å². The van der Waals surface area contributed by atoms with Gasteiger partial charge >= 0.3 is 0 Å². The van der Waals surface area contributed by atoms with Crippen LogP contribution in [0.1, 0.15) is 36.5 Å². The number of benzene rings is 1. The number of hydrogen-bond acceptors (Lipinski definition) is 6. The Bertz CT molecular complexity index is 1170. The van der Waals surface area contributed by atoms with Crippen molar-refractivity contribution in [3.05, 3.63) is 41.0 Å². The van der Waals surface area contributed by atoms with Gasteiger partial charge in [0.05, 0.1) is 11.3 Å². The largest absolute Gasteiger partial charge is 0.360 e. The number of aromatic nitrogens is 4. The first kappa shape index (κ1) is 19.5. The van der Waals surface area contributed by atoms with E-state index in [0.29, 0.717) is 12.6 Å². The molecule has 0 bridgehead atoms. The number of hydrogen-bond donors (Lipinski definition) is 1. The lowest BCUT2D eigenvalue weighted by atomic mass is 10.1. The summed E-state index contributed by atoms with van der Waals surface area (Å²) in [6, 6.07) is 1.74. The van der Waals surface area contributed by atoms with E-state index in [0.717, 1.165) is 37.6 Å². The van der Waals surface area contributed by atoms with Gasteiger partial charge in [0.2, 0.25) is 0 Å². The first-order chi connectivity index (χ1) is 13.8. The first-order valence-electron chi connectivity index (χ1n) is 9.15. The molecule has 0 amide bonds. The molecule has 0 unspecified atom stereocenters. The van der Waals surface area contributed by atoms with Crippen molar-refractivity contribution < 1.29 is 21.7 Å². The highest BCUT2D eigenvalue weighted by Gasteiger charge is 2.27. The van der Waals surface area contributed by atoms with E-state index in [2.05, 4.69) is 20.1 Å². The van der Waals surface area contributed by atoms with Crippen LogP contribution in [0.15, 0.2) is 21.6 Å². The fourth-order valence-electron chi connectivity index (χ4n) is 3.54. The molecule has 2 aromatic heterocycles. The molecule has 1 aromatic carbocycles. The van der Waals surface area contributed by atoms with Gasteiger partial charge < -0.3 is 9.09 Å². The van der Waals surface area contributed by atoms with Crippen LogP contribution in [0.3, 0.4) is 0 Å². The van der Waals surface area contributed by atoms with Crippen molar-refractivity contribution in [3.8, 4) is 11.4 Å². The summed E-state index contributed by atoms with van der Waals surface area (Å²) in [6.07, 6.45) is 3.61. The van der Waals surface area contributed by atoms with Gasteiger partial charge in [-0.3, -0.25) is 4.72 Å². The molecule has 1 N–H and O–H groups in total. The van der Waals surface area contributed by atoms with E-state index in [4.69, 9.17) is 4.52 Å². The molecule has 0 radical (unpaired) electrons. The van der Waals surface area contributed by atoms with E-state index >= 15 is 0 Å². The van der Waals surface area contributed by atoms with Crippen LogP contribution < -0.4 is 4.72 Å². The van der Waals surface area contributed by atoms with Gasteiger partial charge in [-0.15, -0.1) is 10.2 Å². The van der Waals surface area contributed by atoms with E-state index in [1.807, 2.05) is 0 Å². The van der Waals surface area contributed by atoms with Crippen molar-refractivity contribution in [2.75, 3.05) is 4.72 Å². The number of nitrogens with zero attached hydrogens (tertiary/aromatic N) is 4. The highest BCUT2D eigenvalue weighted by molar-refractivity contribution is 7.92. The Kier molecular flexibility index (Phi) is 4.85. The third-order valence-electron chi connectivity index (χ3n) is 4.89. The van der Waals surface area contributed by atoms with Gasteiger partial charge in [-0.25, -0.2) is 17.2 Å². The number of rotatable bonds is 4. The second-order valence-corrected chi connectivity index (χ2v) is 8.59. The second kappa shape index (κ2) is 7.21. The van der Waals surface area contributed by atoms with Crippen molar-refractivity contribution in [2.45, 2.75) is 51.0 Å². The van der Waals surface area contributed by atoms with Gasteiger partial charge in [-0.1, -0.05) is 11.6 Å². The Morgan fingerprint density at radius 1 is 1.10 bits per heavy atom. The summed E-state index contributed by atoms with van der Waals surface area (Å²) in [6.45, 7) is 3.52. The Hall–Kier alpha value is -2.82. The van der Waals surface area contributed by atoms with Crippen LogP contribution in [-0.2, 0) is 23.0 Å². The molecular weight excluding hydrogens is 404 g/mol. The average Bonchev–Trinajstić information content (AvgIpc) is 3.11. The van der Waals surface area contributed by atoms with E-state index in [1.54, 1.807) is 4.57 Å². The van der Waals surface area contributed by atoms with Crippen LogP contribution in [0.2, 0.25) is 0 Å². The third kappa shape index (κ3) is 3.50. The van der Waals surface area contributed by atoms with Crippen LogP contribution in [0, 0.1) is 25.5 Å². The maximum atomic E-state index is 14.6. The normalized spacial score (nSPS) is 14.5. The fraction of sp³-hybridized carbons (Fsp3) is 0.389. The Morgan fingerprint density at radius 2 is 1.90 bits per heavy atom. The predicted molar refractivity (Wildman–Crippen MR) is 99.7 cm³/mol. The first-order valence-corrected chi connectivity index (χ1v) is 10.6. The van der Waals surface area contributed by atoms with Gasteiger partial charge in [0.1, 0.15) is 23.2 Å². The molecule has 11 heteroatoms. The Morgan fingerprint density at radius 3 is 2.62 bits per heavy atom. The molecule has 1 aliphatic rings.